The fourth-order valence-electron chi connectivity index (χ4n) is 2.44. The Morgan fingerprint density at radius 3 is 2.76 bits per heavy atom. The molecule has 1 aliphatic heterocycles. The molecule has 3 nitrogen and oxygen atoms in total. The second kappa shape index (κ2) is 5.37. The molecule has 21 heavy (non-hydrogen) atoms. The van der Waals surface area contributed by atoms with Crippen LogP contribution in [0.15, 0.2) is 42.6 Å². The van der Waals surface area contributed by atoms with E-state index in [2.05, 4.69) is 10.3 Å². The predicted octanol–water partition coefficient (Wildman–Crippen LogP) is 3.34. The highest BCUT2D eigenvalue weighted by atomic mass is 19.4. The normalized spacial score (nSPS) is 15.5. The molecule has 0 fully saturated rings. The first-order valence-electron chi connectivity index (χ1n) is 6.65. The zero-order valence-corrected chi connectivity index (χ0v) is 11.2. The van der Waals surface area contributed by atoms with Crippen molar-refractivity contribution in [2.45, 2.75) is 12.7 Å². The van der Waals surface area contributed by atoms with Crippen LogP contribution < -0.4 is 10.2 Å². The topological polar surface area (TPSA) is 28.2 Å². The van der Waals surface area contributed by atoms with Crippen LogP contribution in [0.4, 0.5) is 24.7 Å². The van der Waals surface area contributed by atoms with E-state index in [1.165, 1.54) is 6.20 Å². The Labute approximate surface area is 120 Å². The molecule has 2 heterocycles. The number of hydrogen-bond acceptors (Lipinski definition) is 3. The highest BCUT2D eigenvalue weighted by molar-refractivity contribution is 5.65. The number of benzene rings is 1. The Morgan fingerprint density at radius 1 is 1.14 bits per heavy atom. The first-order chi connectivity index (χ1) is 10.1. The zero-order valence-electron chi connectivity index (χ0n) is 11.2. The smallest absolute Gasteiger partial charge is 0.325 e. The molecular formula is C15H14F3N3. The molecule has 1 aromatic carbocycles. The van der Waals surface area contributed by atoms with Crippen molar-refractivity contribution in [2.75, 3.05) is 18.0 Å². The lowest BCUT2D eigenvalue weighted by atomic mass is 10.1. The number of alkyl halides is 3. The van der Waals surface area contributed by atoms with Gasteiger partial charge in [0, 0.05) is 31.5 Å². The number of anilines is 2. The quantitative estimate of drug-likeness (QED) is 0.874. The highest BCUT2D eigenvalue weighted by Crippen LogP contribution is 2.33. The standard InChI is InChI=1S/C15H14F3N3/c16-15(17,18)12-5-6-20-14(9-12)21-8-7-19-10-11-3-1-2-4-13(11)21/h1-6,9,19H,7-8,10H2. The molecule has 2 aromatic rings. The minimum Gasteiger partial charge on any atom is -0.325 e. The maximum absolute atomic E-state index is 12.9. The molecule has 0 atom stereocenters. The van der Waals surface area contributed by atoms with Gasteiger partial charge in [-0.05, 0) is 23.8 Å². The van der Waals surface area contributed by atoms with Crippen molar-refractivity contribution in [3.8, 4) is 0 Å². The minimum absolute atomic E-state index is 0.320. The third kappa shape index (κ3) is 2.85. The second-order valence-electron chi connectivity index (χ2n) is 4.86. The van der Waals surface area contributed by atoms with Gasteiger partial charge in [-0.2, -0.15) is 13.2 Å². The van der Waals surface area contributed by atoms with Crippen LogP contribution in [0.1, 0.15) is 11.1 Å². The molecule has 1 aromatic heterocycles. The van der Waals surface area contributed by atoms with E-state index in [-0.39, 0.29) is 0 Å². The SMILES string of the molecule is FC(F)(F)c1ccnc(N2CCNCc3ccccc32)c1. The van der Waals surface area contributed by atoms with Gasteiger partial charge in [0.15, 0.2) is 0 Å². The van der Waals surface area contributed by atoms with E-state index in [0.29, 0.717) is 25.5 Å². The summed E-state index contributed by atoms with van der Waals surface area (Å²) in [6, 6.07) is 9.76. The molecule has 110 valence electrons. The van der Waals surface area contributed by atoms with Crippen LogP contribution in [0.3, 0.4) is 0 Å². The van der Waals surface area contributed by atoms with Crippen molar-refractivity contribution in [3.63, 3.8) is 0 Å². The Hall–Kier alpha value is -2.08. The maximum atomic E-state index is 12.9. The average Bonchev–Trinajstić information content (AvgIpc) is 2.69. The number of pyridine rings is 1. The van der Waals surface area contributed by atoms with Crippen LogP contribution in [0.25, 0.3) is 0 Å². The molecule has 0 bridgehead atoms. The van der Waals surface area contributed by atoms with Crippen molar-refractivity contribution in [1.82, 2.24) is 10.3 Å². The average molecular weight is 293 g/mol. The molecule has 3 rings (SSSR count). The van der Waals surface area contributed by atoms with E-state index < -0.39 is 11.7 Å². The van der Waals surface area contributed by atoms with Gasteiger partial charge in [-0.15, -0.1) is 0 Å². The molecule has 0 saturated carbocycles. The molecule has 0 spiro atoms. The van der Waals surface area contributed by atoms with Gasteiger partial charge in [-0.3, -0.25) is 0 Å². The highest BCUT2D eigenvalue weighted by Gasteiger charge is 2.31. The lowest BCUT2D eigenvalue weighted by Crippen LogP contribution is -2.25. The van der Waals surface area contributed by atoms with Crippen LogP contribution >= 0.6 is 0 Å². The molecule has 0 unspecified atom stereocenters. The Balaban J connectivity index is 2.04. The fourth-order valence-corrected chi connectivity index (χ4v) is 2.44. The summed E-state index contributed by atoms with van der Waals surface area (Å²) in [5.74, 6) is 0.320. The van der Waals surface area contributed by atoms with Crippen LogP contribution in [0.5, 0.6) is 0 Å². The molecule has 1 aliphatic rings. The monoisotopic (exact) mass is 293 g/mol. The van der Waals surface area contributed by atoms with Crippen molar-refractivity contribution in [3.05, 3.63) is 53.7 Å². The maximum Gasteiger partial charge on any atom is 0.416 e. The lowest BCUT2D eigenvalue weighted by Gasteiger charge is -2.24. The van der Waals surface area contributed by atoms with Crippen LogP contribution in [-0.4, -0.2) is 18.1 Å². The number of nitrogens with one attached hydrogen (secondary N) is 1. The minimum atomic E-state index is -4.36. The third-order valence-corrected chi connectivity index (χ3v) is 3.46. The summed E-state index contributed by atoms with van der Waals surface area (Å²) >= 11 is 0. The second-order valence-corrected chi connectivity index (χ2v) is 4.86. The fraction of sp³-hybridized carbons (Fsp3) is 0.267. The molecular weight excluding hydrogens is 279 g/mol. The van der Waals surface area contributed by atoms with Crippen LogP contribution in [0.2, 0.25) is 0 Å². The molecule has 0 amide bonds. The summed E-state index contributed by atoms with van der Waals surface area (Å²) in [6.45, 7) is 1.96. The van der Waals surface area contributed by atoms with E-state index >= 15 is 0 Å². The van der Waals surface area contributed by atoms with Gasteiger partial charge in [-0.1, -0.05) is 18.2 Å². The summed E-state index contributed by atoms with van der Waals surface area (Å²) in [5, 5.41) is 3.26. The number of aromatic nitrogens is 1. The number of nitrogens with zero attached hydrogens (tertiary/aromatic N) is 2. The van der Waals surface area contributed by atoms with Gasteiger partial charge in [0.2, 0.25) is 0 Å². The van der Waals surface area contributed by atoms with Gasteiger partial charge in [0.1, 0.15) is 5.82 Å². The van der Waals surface area contributed by atoms with Gasteiger partial charge in [0.25, 0.3) is 0 Å². The molecule has 0 saturated heterocycles. The summed E-state index contributed by atoms with van der Waals surface area (Å²) in [7, 11) is 0. The Kier molecular flexibility index (Phi) is 3.55. The molecule has 0 radical (unpaired) electrons. The van der Waals surface area contributed by atoms with Gasteiger partial charge in [-0.25, -0.2) is 4.98 Å². The first-order valence-corrected chi connectivity index (χ1v) is 6.65. The van der Waals surface area contributed by atoms with E-state index in [0.717, 1.165) is 23.4 Å². The summed E-state index contributed by atoms with van der Waals surface area (Å²) < 4.78 is 38.6. The zero-order chi connectivity index (χ0) is 14.9. The van der Waals surface area contributed by atoms with Gasteiger partial charge < -0.3 is 10.2 Å². The van der Waals surface area contributed by atoms with Crippen LogP contribution in [-0.2, 0) is 12.7 Å². The summed E-state index contributed by atoms with van der Waals surface area (Å²) in [4.78, 5) is 5.94. The number of halogens is 3. The first kappa shape index (κ1) is 13.9. The summed E-state index contributed by atoms with van der Waals surface area (Å²) in [5.41, 5.74) is 1.27. The van der Waals surface area contributed by atoms with E-state index in [9.17, 15) is 13.2 Å². The van der Waals surface area contributed by atoms with Gasteiger partial charge >= 0.3 is 6.18 Å². The van der Waals surface area contributed by atoms with Crippen LogP contribution in [0, 0.1) is 0 Å². The molecule has 6 heteroatoms. The summed E-state index contributed by atoms with van der Waals surface area (Å²) in [6.07, 6.45) is -3.15. The van der Waals surface area contributed by atoms with Crippen molar-refractivity contribution < 1.29 is 13.2 Å². The van der Waals surface area contributed by atoms with Gasteiger partial charge in [0.05, 0.1) is 5.56 Å². The van der Waals surface area contributed by atoms with Crippen molar-refractivity contribution in [1.29, 1.82) is 0 Å². The molecule has 1 N–H and O–H groups in total. The number of para-hydroxylation sites is 1. The van der Waals surface area contributed by atoms with E-state index in [4.69, 9.17) is 0 Å². The number of fused-ring (bicyclic) bond motifs is 1. The largest absolute Gasteiger partial charge is 0.416 e. The lowest BCUT2D eigenvalue weighted by molar-refractivity contribution is -0.137. The predicted molar refractivity (Wildman–Crippen MR) is 74.4 cm³/mol. The number of hydrogen-bond donors (Lipinski definition) is 1. The number of rotatable bonds is 1. The Morgan fingerprint density at radius 2 is 1.95 bits per heavy atom. The Bertz CT molecular complexity index is 640. The van der Waals surface area contributed by atoms with Crippen molar-refractivity contribution >= 4 is 11.5 Å². The van der Waals surface area contributed by atoms with E-state index in [1.54, 1.807) is 0 Å². The third-order valence-electron chi connectivity index (χ3n) is 3.46. The molecule has 0 aliphatic carbocycles. The van der Waals surface area contributed by atoms with E-state index in [1.807, 2.05) is 29.2 Å². The van der Waals surface area contributed by atoms with Crippen molar-refractivity contribution in [2.24, 2.45) is 0 Å².